The molecule has 0 aliphatic rings. The van der Waals surface area contributed by atoms with Crippen molar-refractivity contribution < 1.29 is 14.3 Å². The van der Waals surface area contributed by atoms with Gasteiger partial charge in [-0.3, -0.25) is 4.79 Å². The highest BCUT2D eigenvalue weighted by atomic mass is 16.5. The maximum absolute atomic E-state index is 11.8. The summed E-state index contributed by atoms with van der Waals surface area (Å²) in [7, 11) is 0. The molecule has 0 aromatic rings. The Hall–Kier alpha value is -0.610. The third-order valence-electron chi connectivity index (χ3n) is 3.22. The molecule has 4 heteroatoms. The molecule has 2 unspecified atom stereocenters. The van der Waals surface area contributed by atoms with Crippen LogP contribution in [-0.2, 0) is 14.3 Å². The zero-order valence-electron chi connectivity index (χ0n) is 13.7. The Morgan fingerprint density at radius 1 is 1.10 bits per heavy atom. The van der Waals surface area contributed by atoms with Crippen molar-refractivity contribution in [3.05, 3.63) is 0 Å². The highest BCUT2D eigenvalue weighted by Gasteiger charge is 2.20. The van der Waals surface area contributed by atoms with E-state index in [-0.39, 0.29) is 18.1 Å². The van der Waals surface area contributed by atoms with Gasteiger partial charge < -0.3 is 14.8 Å². The van der Waals surface area contributed by atoms with Gasteiger partial charge in [-0.2, -0.15) is 0 Å². The Bertz CT molecular complexity index is 234. The lowest BCUT2D eigenvalue weighted by Crippen LogP contribution is -2.42. The lowest BCUT2D eigenvalue weighted by atomic mass is 10.1. The number of unbranched alkanes of at least 4 members (excludes halogenated alkanes) is 3. The summed E-state index contributed by atoms with van der Waals surface area (Å²) < 4.78 is 10.9. The fourth-order valence-corrected chi connectivity index (χ4v) is 1.97. The minimum Gasteiger partial charge on any atom is -0.465 e. The number of nitrogens with one attached hydrogen (secondary N) is 1. The van der Waals surface area contributed by atoms with Crippen LogP contribution < -0.4 is 5.32 Å². The Morgan fingerprint density at radius 2 is 1.85 bits per heavy atom. The molecular formula is C16H33NO3. The number of carbonyl (C=O) groups is 1. The van der Waals surface area contributed by atoms with Crippen LogP contribution in [-0.4, -0.2) is 37.9 Å². The van der Waals surface area contributed by atoms with Gasteiger partial charge in [0, 0.05) is 0 Å². The normalized spacial score (nSPS) is 14.0. The van der Waals surface area contributed by atoms with Gasteiger partial charge in [-0.1, -0.05) is 39.5 Å². The van der Waals surface area contributed by atoms with Crippen molar-refractivity contribution in [1.29, 1.82) is 0 Å². The van der Waals surface area contributed by atoms with Crippen molar-refractivity contribution in [2.75, 3.05) is 19.8 Å². The van der Waals surface area contributed by atoms with E-state index in [0.717, 1.165) is 19.4 Å². The van der Waals surface area contributed by atoms with Gasteiger partial charge >= 0.3 is 5.97 Å². The predicted molar refractivity (Wildman–Crippen MR) is 82.9 cm³/mol. The summed E-state index contributed by atoms with van der Waals surface area (Å²) in [6, 6.07) is -0.340. The molecule has 0 spiro atoms. The minimum absolute atomic E-state index is 0.201. The van der Waals surface area contributed by atoms with E-state index in [4.69, 9.17) is 9.47 Å². The predicted octanol–water partition coefficient (Wildman–Crippen LogP) is 3.29. The molecule has 0 aromatic heterocycles. The molecule has 4 nitrogen and oxygen atoms in total. The van der Waals surface area contributed by atoms with Crippen molar-refractivity contribution in [3.8, 4) is 0 Å². The second kappa shape index (κ2) is 13.4. The first-order chi connectivity index (χ1) is 9.65. The largest absolute Gasteiger partial charge is 0.465 e. The van der Waals surface area contributed by atoms with Gasteiger partial charge in [-0.15, -0.1) is 0 Å². The number of rotatable bonds is 13. The number of carbonyl (C=O) groups excluding carboxylic acids is 1. The average molecular weight is 287 g/mol. The second-order valence-corrected chi connectivity index (χ2v) is 5.25. The SMILES string of the molecule is CCCCCCC(C)OCC(NCCC)C(=O)OCC. The van der Waals surface area contributed by atoms with Gasteiger partial charge in [-0.05, 0) is 33.2 Å². The number of hydrogen-bond acceptors (Lipinski definition) is 4. The summed E-state index contributed by atoms with van der Waals surface area (Å²) in [6.45, 7) is 9.80. The summed E-state index contributed by atoms with van der Waals surface area (Å²) in [4.78, 5) is 11.8. The fourth-order valence-electron chi connectivity index (χ4n) is 1.97. The van der Waals surface area contributed by atoms with Gasteiger partial charge in [0.2, 0.25) is 0 Å². The van der Waals surface area contributed by atoms with Gasteiger partial charge in [0.05, 0.1) is 19.3 Å². The molecule has 0 saturated carbocycles. The van der Waals surface area contributed by atoms with Crippen molar-refractivity contribution in [2.24, 2.45) is 0 Å². The summed E-state index contributed by atoms with van der Waals surface area (Å²) in [5, 5.41) is 3.19. The van der Waals surface area contributed by atoms with Crippen molar-refractivity contribution in [3.63, 3.8) is 0 Å². The van der Waals surface area contributed by atoms with E-state index in [1.165, 1.54) is 25.7 Å². The maximum atomic E-state index is 11.8. The molecule has 0 rings (SSSR count). The van der Waals surface area contributed by atoms with E-state index >= 15 is 0 Å². The van der Waals surface area contributed by atoms with E-state index in [1.54, 1.807) is 0 Å². The van der Waals surface area contributed by atoms with Crippen LogP contribution in [0.25, 0.3) is 0 Å². The van der Waals surface area contributed by atoms with Crippen LogP contribution in [0.3, 0.4) is 0 Å². The van der Waals surface area contributed by atoms with Gasteiger partial charge in [0.15, 0.2) is 0 Å². The molecule has 0 aromatic carbocycles. The van der Waals surface area contributed by atoms with E-state index in [0.29, 0.717) is 13.2 Å². The first-order valence-electron chi connectivity index (χ1n) is 8.17. The number of ether oxygens (including phenoxy) is 2. The highest BCUT2D eigenvalue weighted by Crippen LogP contribution is 2.08. The van der Waals surface area contributed by atoms with Crippen LogP contribution in [0.2, 0.25) is 0 Å². The molecule has 2 atom stereocenters. The molecule has 120 valence electrons. The van der Waals surface area contributed by atoms with Crippen LogP contribution in [0, 0.1) is 0 Å². The van der Waals surface area contributed by atoms with Crippen LogP contribution in [0.15, 0.2) is 0 Å². The van der Waals surface area contributed by atoms with Crippen LogP contribution in [0.1, 0.15) is 66.2 Å². The molecule has 0 aliphatic heterocycles. The first-order valence-corrected chi connectivity index (χ1v) is 8.17. The molecule has 1 N–H and O–H groups in total. The maximum Gasteiger partial charge on any atom is 0.325 e. The molecule has 0 saturated heterocycles. The number of esters is 1. The van der Waals surface area contributed by atoms with Crippen molar-refractivity contribution >= 4 is 5.97 Å². The van der Waals surface area contributed by atoms with Crippen molar-refractivity contribution in [1.82, 2.24) is 5.32 Å². The molecule has 20 heavy (non-hydrogen) atoms. The van der Waals surface area contributed by atoms with Crippen LogP contribution in [0.5, 0.6) is 0 Å². The summed E-state index contributed by atoms with van der Waals surface area (Å²) >= 11 is 0. The lowest BCUT2D eigenvalue weighted by molar-refractivity contribution is -0.147. The Kier molecular flexibility index (Phi) is 13.0. The first kappa shape index (κ1) is 19.4. The lowest BCUT2D eigenvalue weighted by Gasteiger charge is -2.20. The van der Waals surface area contributed by atoms with E-state index in [1.807, 2.05) is 6.92 Å². The monoisotopic (exact) mass is 287 g/mol. The van der Waals surface area contributed by atoms with E-state index in [2.05, 4.69) is 26.1 Å². The smallest absolute Gasteiger partial charge is 0.325 e. The molecule has 0 heterocycles. The number of hydrogen-bond donors (Lipinski definition) is 1. The zero-order chi connectivity index (χ0) is 15.2. The van der Waals surface area contributed by atoms with Crippen LogP contribution >= 0.6 is 0 Å². The third-order valence-corrected chi connectivity index (χ3v) is 3.22. The summed E-state index contributed by atoms with van der Waals surface area (Å²) in [5.41, 5.74) is 0. The second-order valence-electron chi connectivity index (χ2n) is 5.25. The molecule has 0 radical (unpaired) electrons. The molecule has 0 fully saturated rings. The van der Waals surface area contributed by atoms with E-state index in [9.17, 15) is 4.79 Å². The topological polar surface area (TPSA) is 47.6 Å². The fraction of sp³-hybridized carbons (Fsp3) is 0.938. The Morgan fingerprint density at radius 3 is 2.45 bits per heavy atom. The Balaban J connectivity index is 3.94. The van der Waals surface area contributed by atoms with Crippen LogP contribution in [0.4, 0.5) is 0 Å². The van der Waals surface area contributed by atoms with Crippen molar-refractivity contribution in [2.45, 2.75) is 78.4 Å². The zero-order valence-corrected chi connectivity index (χ0v) is 13.7. The van der Waals surface area contributed by atoms with Gasteiger partial charge in [-0.25, -0.2) is 0 Å². The molecule has 0 aliphatic carbocycles. The summed E-state index contributed by atoms with van der Waals surface area (Å²) in [5.74, 6) is -0.209. The highest BCUT2D eigenvalue weighted by molar-refractivity contribution is 5.75. The average Bonchev–Trinajstić information content (AvgIpc) is 2.44. The molecule has 0 amide bonds. The Labute approximate surface area is 124 Å². The molecular weight excluding hydrogens is 254 g/mol. The van der Waals surface area contributed by atoms with Gasteiger partial charge in [0.1, 0.15) is 6.04 Å². The third kappa shape index (κ3) is 10.2. The van der Waals surface area contributed by atoms with Gasteiger partial charge in [0.25, 0.3) is 0 Å². The minimum atomic E-state index is -0.340. The molecule has 0 bridgehead atoms. The summed E-state index contributed by atoms with van der Waals surface area (Å²) in [6.07, 6.45) is 7.25. The van der Waals surface area contributed by atoms with E-state index < -0.39 is 0 Å². The standard InChI is InChI=1S/C16H33NO3/c1-5-8-9-10-11-14(4)20-13-15(17-12-6-2)16(18)19-7-3/h14-15,17H,5-13H2,1-4H3. The quantitative estimate of drug-likeness (QED) is 0.417.